The molecule has 6 heteroatoms. The highest BCUT2D eigenvalue weighted by Crippen LogP contribution is 2.13. The summed E-state index contributed by atoms with van der Waals surface area (Å²) in [4.78, 5) is 24.9. The first kappa shape index (κ1) is 19.2. The minimum absolute atomic E-state index is 0.00295. The van der Waals surface area contributed by atoms with Gasteiger partial charge in [-0.15, -0.1) is 0 Å². The Kier molecular flexibility index (Phi) is 7.25. The first-order valence-corrected chi connectivity index (χ1v) is 9.06. The van der Waals surface area contributed by atoms with Crippen LogP contribution < -0.4 is 20.7 Å². The second-order valence-electron chi connectivity index (χ2n) is 6.69. The Bertz CT molecular complexity index is 566. The summed E-state index contributed by atoms with van der Waals surface area (Å²) < 4.78 is 5.38. The van der Waals surface area contributed by atoms with Crippen LogP contribution in [0, 0.1) is 5.92 Å². The van der Waals surface area contributed by atoms with Gasteiger partial charge in [-0.3, -0.25) is 9.59 Å². The molecule has 1 aromatic rings. The number of hydrogen-bond donors (Lipinski definition) is 3. The summed E-state index contributed by atoms with van der Waals surface area (Å²) in [6.45, 7) is 7.95. The van der Waals surface area contributed by atoms with E-state index in [-0.39, 0.29) is 17.7 Å². The van der Waals surface area contributed by atoms with Crippen LogP contribution in [-0.2, 0) is 4.79 Å². The Hall–Kier alpha value is -2.08. The molecule has 2 unspecified atom stereocenters. The summed E-state index contributed by atoms with van der Waals surface area (Å²) >= 11 is 0. The van der Waals surface area contributed by atoms with Crippen molar-refractivity contribution in [3.05, 3.63) is 29.8 Å². The molecular weight excluding hydrogens is 318 g/mol. The summed E-state index contributed by atoms with van der Waals surface area (Å²) in [5.41, 5.74) is 0.513. The third-order valence-electron chi connectivity index (χ3n) is 4.35. The fraction of sp³-hybridized carbons (Fsp3) is 0.579. The van der Waals surface area contributed by atoms with Crippen LogP contribution in [0.4, 0.5) is 0 Å². The van der Waals surface area contributed by atoms with Crippen molar-refractivity contribution in [1.29, 1.82) is 0 Å². The van der Waals surface area contributed by atoms with Crippen LogP contribution in [0.3, 0.4) is 0 Å². The number of carbonyl (C=O) groups is 2. The van der Waals surface area contributed by atoms with Crippen molar-refractivity contribution in [2.45, 2.75) is 45.7 Å². The number of rotatable bonds is 8. The highest BCUT2D eigenvalue weighted by molar-refractivity contribution is 5.97. The van der Waals surface area contributed by atoms with Gasteiger partial charge in [0.1, 0.15) is 11.8 Å². The Morgan fingerprint density at radius 3 is 2.56 bits per heavy atom. The van der Waals surface area contributed by atoms with Crippen LogP contribution in [0.2, 0.25) is 0 Å². The van der Waals surface area contributed by atoms with Gasteiger partial charge < -0.3 is 20.7 Å². The van der Waals surface area contributed by atoms with Crippen molar-refractivity contribution in [2.24, 2.45) is 5.92 Å². The zero-order chi connectivity index (χ0) is 18.2. The van der Waals surface area contributed by atoms with Crippen LogP contribution in [0.15, 0.2) is 24.3 Å². The molecule has 0 radical (unpaired) electrons. The number of hydrogen-bond acceptors (Lipinski definition) is 4. The topological polar surface area (TPSA) is 79.5 Å². The quantitative estimate of drug-likeness (QED) is 0.669. The van der Waals surface area contributed by atoms with Crippen molar-refractivity contribution in [2.75, 3.05) is 19.7 Å². The van der Waals surface area contributed by atoms with Gasteiger partial charge in [0.15, 0.2) is 0 Å². The van der Waals surface area contributed by atoms with E-state index >= 15 is 0 Å². The second-order valence-corrected chi connectivity index (χ2v) is 6.69. The molecule has 1 aliphatic rings. The third kappa shape index (κ3) is 5.74. The number of benzene rings is 1. The lowest BCUT2D eigenvalue weighted by Crippen LogP contribution is -2.51. The number of nitrogens with one attached hydrogen (secondary N) is 3. The summed E-state index contributed by atoms with van der Waals surface area (Å²) in [6.07, 6.45) is 2.22. The van der Waals surface area contributed by atoms with Gasteiger partial charge in [0.05, 0.1) is 6.61 Å². The molecule has 0 bridgehead atoms. The van der Waals surface area contributed by atoms with Gasteiger partial charge in [-0.1, -0.05) is 13.8 Å². The van der Waals surface area contributed by atoms with Gasteiger partial charge in [0, 0.05) is 18.2 Å². The maximum absolute atomic E-state index is 12.5. The molecule has 6 nitrogen and oxygen atoms in total. The van der Waals surface area contributed by atoms with Crippen LogP contribution >= 0.6 is 0 Å². The predicted molar refractivity (Wildman–Crippen MR) is 97.7 cm³/mol. The smallest absolute Gasteiger partial charge is 0.251 e. The van der Waals surface area contributed by atoms with Crippen LogP contribution in [0.5, 0.6) is 5.75 Å². The van der Waals surface area contributed by atoms with Gasteiger partial charge in [-0.25, -0.2) is 0 Å². The standard InChI is InChI=1S/C19H29N3O3/c1-4-25-16-9-7-14(8-10-16)18(23)22-17(13(2)3)19(24)21-12-15-6-5-11-20-15/h7-10,13,15,17,20H,4-6,11-12H2,1-3H3,(H,21,24)(H,22,23). The maximum Gasteiger partial charge on any atom is 0.251 e. The summed E-state index contributed by atoms with van der Waals surface area (Å²) in [5, 5.41) is 9.15. The largest absolute Gasteiger partial charge is 0.494 e. The molecule has 2 amide bonds. The molecule has 2 rings (SSSR count). The molecule has 0 aliphatic carbocycles. The highest BCUT2D eigenvalue weighted by atomic mass is 16.5. The normalized spacial score (nSPS) is 18.0. The van der Waals surface area contributed by atoms with E-state index in [4.69, 9.17) is 4.74 Å². The Morgan fingerprint density at radius 2 is 2.00 bits per heavy atom. The first-order valence-electron chi connectivity index (χ1n) is 9.06. The average molecular weight is 347 g/mol. The SMILES string of the molecule is CCOc1ccc(C(=O)NC(C(=O)NCC2CCCN2)C(C)C)cc1. The van der Waals surface area contributed by atoms with Crippen molar-refractivity contribution in [3.63, 3.8) is 0 Å². The van der Waals surface area contributed by atoms with Gasteiger partial charge in [0.25, 0.3) is 5.91 Å². The lowest BCUT2D eigenvalue weighted by atomic mass is 10.0. The number of ether oxygens (including phenoxy) is 1. The lowest BCUT2D eigenvalue weighted by Gasteiger charge is -2.23. The third-order valence-corrected chi connectivity index (χ3v) is 4.35. The van der Waals surface area contributed by atoms with Gasteiger partial charge in [-0.05, 0) is 56.5 Å². The molecule has 2 atom stereocenters. The lowest BCUT2D eigenvalue weighted by molar-refractivity contribution is -0.124. The Labute approximate surface area is 149 Å². The fourth-order valence-corrected chi connectivity index (χ4v) is 2.89. The van der Waals surface area contributed by atoms with E-state index < -0.39 is 6.04 Å². The molecule has 0 saturated carbocycles. The van der Waals surface area contributed by atoms with Crippen molar-refractivity contribution in [1.82, 2.24) is 16.0 Å². The monoisotopic (exact) mass is 347 g/mol. The van der Waals surface area contributed by atoms with Gasteiger partial charge in [0.2, 0.25) is 5.91 Å². The second kappa shape index (κ2) is 9.42. The van der Waals surface area contributed by atoms with E-state index in [1.54, 1.807) is 24.3 Å². The van der Waals surface area contributed by atoms with Crippen molar-refractivity contribution >= 4 is 11.8 Å². The van der Waals surface area contributed by atoms with E-state index in [1.807, 2.05) is 20.8 Å². The maximum atomic E-state index is 12.5. The zero-order valence-electron chi connectivity index (χ0n) is 15.3. The van der Waals surface area contributed by atoms with Crippen LogP contribution in [0.1, 0.15) is 44.0 Å². The molecule has 3 N–H and O–H groups in total. The molecule has 1 aromatic carbocycles. The Balaban J connectivity index is 1.92. The van der Waals surface area contributed by atoms with E-state index in [9.17, 15) is 9.59 Å². The van der Waals surface area contributed by atoms with E-state index in [1.165, 1.54) is 0 Å². The van der Waals surface area contributed by atoms with E-state index in [0.717, 1.165) is 25.1 Å². The first-order chi connectivity index (χ1) is 12.0. The van der Waals surface area contributed by atoms with E-state index in [0.29, 0.717) is 24.8 Å². The molecule has 1 aliphatic heterocycles. The van der Waals surface area contributed by atoms with Crippen LogP contribution in [0.25, 0.3) is 0 Å². The zero-order valence-corrected chi connectivity index (χ0v) is 15.3. The minimum atomic E-state index is -0.555. The van der Waals surface area contributed by atoms with Crippen molar-refractivity contribution < 1.29 is 14.3 Å². The van der Waals surface area contributed by atoms with Crippen LogP contribution in [-0.4, -0.2) is 43.6 Å². The molecular formula is C19H29N3O3. The highest BCUT2D eigenvalue weighted by Gasteiger charge is 2.25. The number of carbonyl (C=O) groups excluding carboxylic acids is 2. The molecule has 138 valence electrons. The van der Waals surface area contributed by atoms with Gasteiger partial charge >= 0.3 is 0 Å². The summed E-state index contributed by atoms with van der Waals surface area (Å²) in [6, 6.07) is 6.71. The number of amides is 2. The Morgan fingerprint density at radius 1 is 1.28 bits per heavy atom. The molecule has 1 fully saturated rings. The molecule has 1 saturated heterocycles. The molecule has 1 heterocycles. The van der Waals surface area contributed by atoms with Crippen molar-refractivity contribution in [3.8, 4) is 5.75 Å². The van der Waals surface area contributed by atoms with E-state index in [2.05, 4.69) is 16.0 Å². The molecule has 0 aromatic heterocycles. The fourth-order valence-electron chi connectivity index (χ4n) is 2.89. The predicted octanol–water partition coefficient (Wildman–Crippen LogP) is 1.71. The minimum Gasteiger partial charge on any atom is -0.494 e. The summed E-state index contributed by atoms with van der Waals surface area (Å²) in [5.74, 6) is 0.336. The van der Waals surface area contributed by atoms with Gasteiger partial charge in [-0.2, -0.15) is 0 Å². The molecule has 25 heavy (non-hydrogen) atoms. The summed E-state index contributed by atoms with van der Waals surface area (Å²) in [7, 11) is 0. The average Bonchev–Trinajstić information content (AvgIpc) is 3.11. The molecule has 0 spiro atoms.